The molecule has 2 heterocycles. The molecule has 12 heteroatoms. The fraction of sp³-hybridized carbons (Fsp3) is 0.353. The zero-order valence-electron chi connectivity index (χ0n) is 26.1. The number of fused-ring (bicyclic) bond motifs is 2. The zero-order chi connectivity index (χ0) is 32.5. The van der Waals surface area contributed by atoms with E-state index in [1.807, 2.05) is 31.2 Å². The number of nitrogens with zero attached hydrogens (tertiary/aromatic N) is 4. The van der Waals surface area contributed by atoms with E-state index in [0.29, 0.717) is 23.9 Å². The molecule has 0 spiro atoms. The van der Waals surface area contributed by atoms with Gasteiger partial charge in [-0.15, -0.1) is 5.10 Å². The molecule has 0 atom stereocenters. The van der Waals surface area contributed by atoms with E-state index in [0.717, 1.165) is 61.5 Å². The summed E-state index contributed by atoms with van der Waals surface area (Å²) < 4.78 is 33.3. The number of anilines is 1. The maximum atomic E-state index is 13.3. The first-order chi connectivity index (χ1) is 22.2. The van der Waals surface area contributed by atoms with E-state index in [1.165, 1.54) is 21.5 Å². The number of benzene rings is 3. The molecule has 242 valence electrons. The van der Waals surface area contributed by atoms with Crippen molar-refractivity contribution >= 4 is 43.6 Å². The van der Waals surface area contributed by atoms with E-state index in [1.54, 1.807) is 43.4 Å². The number of pyridine rings is 1. The molecule has 0 aliphatic carbocycles. The molecule has 11 nitrogen and oxygen atoms in total. The average Bonchev–Trinajstić information content (AvgIpc) is 3.47. The van der Waals surface area contributed by atoms with Gasteiger partial charge in [-0.25, -0.2) is 0 Å². The van der Waals surface area contributed by atoms with Crippen molar-refractivity contribution in [1.82, 2.24) is 19.7 Å². The van der Waals surface area contributed by atoms with Crippen LogP contribution in [-0.2, 0) is 22.0 Å². The summed E-state index contributed by atoms with van der Waals surface area (Å²) in [7, 11) is -2.70. The van der Waals surface area contributed by atoms with Gasteiger partial charge in [0.2, 0.25) is 5.91 Å². The van der Waals surface area contributed by atoms with Gasteiger partial charge in [-0.2, -0.15) is 8.42 Å². The van der Waals surface area contributed by atoms with Crippen molar-refractivity contribution in [2.45, 2.75) is 69.6 Å². The Bertz CT molecular complexity index is 1970. The van der Waals surface area contributed by atoms with E-state index in [-0.39, 0.29) is 28.7 Å². The van der Waals surface area contributed by atoms with Crippen LogP contribution in [0.2, 0.25) is 0 Å². The van der Waals surface area contributed by atoms with Crippen molar-refractivity contribution in [2.75, 3.05) is 11.9 Å². The van der Waals surface area contributed by atoms with Gasteiger partial charge in [-0.1, -0.05) is 78.9 Å². The summed E-state index contributed by atoms with van der Waals surface area (Å²) >= 11 is 0. The third-order valence-corrected chi connectivity index (χ3v) is 9.09. The second-order valence-electron chi connectivity index (χ2n) is 11.3. The molecule has 0 aliphatic rings. The van der Waals surface area contributed by atoms with Crippen LogP contribution in [-0.4, -0.2) is 40.7 Å². The van der Waals surface area contributed by atoms with Gasteiger partial charge in [0, 0.05) is 18.9 Å². The summed E-state index contributed by atoms with van der Waals surface area (Å²) in [4.78, 5) is 33.4. The maximum absolute atomic E-state index is 13.3. The number of nitrogens with one attached hydrogen (secondary N) is 1. The molecule has 5 aromatic rings. The molecule has 1 amide bonds. The number of carbonyl (C=O) groups excluding carboxylic acids is 1. The average molecular weight is 646 g/mol. The second kappa shape index (κ2) is 15.0. The molecule has 2 aromatic heterocycles. The third kappa shape index (κ3) is 7.92. The lowest BCUT2D eigenvalue weighted by Gasteiger charge is -2.17. The highest BCUT2D eigenvalue weighted by Crippen LogP contribution is 2.33. The van der Waals surface area contributed by atoms with E-state index in [4.69, 9.17) is 9.02 Å². The molecule has 0 bridgehead atoms. The predicted molar refractivity (Wildman–Crippen MR) is 177 cm³/mol. The minimum absolute atomic E-state index is 0.0472. The van der Waals surface area contributed by atoms with Crippen LogP contribution in [0.3, 0.4) is 0 Å². The minimum atomic E-state index is -4.28. The van der Waals surface area contributed by atoms with Gasteiger partial charge in [0.1, 0.15) is 22.5 Å². The van der Waals surface area contributed by atoms with Crippen molar-refractivity contribution in [3.05, 3.63) is 88.7 Å². The van der Waals surface area contributed by atoms with Crippen LogP contribution in [0.15, 0.2) is 82.5 Å². The highest BCUT2D eigenvalue weighted by molar-refractivity contribution is 7.87. The number of aryl methyl sites for hydroxylation is 2. The molecule has 46 heavy (non-hydrogen) atoms. The van der Waals surface area contributed by atoms with Crippen LogP contribution < -0.4 is 19.9 Å². The summed E-state index contributed by atoms with van der Waals surface area (Å²) in [6, 6.07) is 20.7. The van der Waals surface area contributed by atoms with Gasteiger partial charge < -0.3 is 18.9 Å². The molecule has 0 fully saturated rings. The fourth-order valence-corrected chi connectivity index (χ4v) is 6.23. The van der Waals surface area contributed by atoms with E-state index >= 15 is 0 Å². The van der Waals surface area contributed by atoms with Crippen LogP contribution in [0, 0.1) is 6.92 Å². The smallest absolute Gasteiger partial charge is 0.339 e. The lowest BCUT2D eigenvalue weighted by molar-refractivity contribution is -0.116. The van der Waals surface area contributed by atoms with Crippen LogP contribution in [0.25, 0.3) is 21.9 Å². The Balaban J connectivity index is 1.08. The van der Waals surface area contributed by atoms with Crippen molar-refractivity contribution in [3.63, 3.8) is 0 Å². The van der Waals surface area contributed by atoms with Gasteiger partial charge >= 0.3 is 10.1 Å². The quantitative estimate of drug-likeness (QED) is 0.103. The van der Waals surface area contributed by atoms with Gasteiger partial charge in [0.15, 0.2) is 11.4 Å². The summed E-state index contributed by atoms with van der Waals surface area (Å²) in [6.07, 6.45) is 7.97. The van der Waals surface area contributed by atoms with Crippen LogP contribution in [0.5, 0.6) is 5.75 Å². The standard InChI is InChI=1S/C34H39N5O6S/c1-25-20-22-26(23-21-25)46(42,43)45-33-27-15-10-12-17-29(27)38(2)34(41)32(33)35-31(40)19-9-7-5-3-4-6-8-14-24-44-39-30-18-13-11-16-28(30)36-37-39/h10-13,15-18,20-23H,3-9,14,19,24H2,1-2H3,(H,35,40). The first-order valence-corrected chi connectivity index (χ1v) is 17.0. The first kappa shape index (κ1) is 32.7. The van der Waals surface area contributed by atoms with Gasteiger partial charge in [0.25, 0.3) is 5.56 Å². The van der Waals surface area contributed by atoms with E-state index < -0.39 is 15.7 Å². The summed E-state index contributed by atoms with van der Waals surface area (Å²) in [5.41, 5.74) is 2.29. The number of para-hydroxylation sites is 2. The molecule has 0 saturated carbocycles. The normalized spacial score (nSPS) is 11.6. The highest BCUT2D eigenvalue weighted by Gasteiger charge is 2.25. The van der Waals surface area contributed by atoms with Gasteiger partial charge in [-0.05, 0) is 67.8 Å². The van der Waals surface area contributed by atoms with Crippen LogP contribution in [0.4, 0.5) is 5.69 Å². The number of carbonyl (C=O) groups is 1. The van der Waals surface area contributed by atoms with Gasteiger partial charge in [-0.3, -0.25) is 9.59 Å². The van der Waals surface area contributed by atoms with Crippen LogP contribution in [0.1, 0.15) is 63.4 Å². The first-order valence-electron chi connectivity index (χ1n) is 15.6. The van der Waals surface area contributed by atoms with Crippen molar-refractivity contribution < 1.29 is 22.2 Å². The molecule has 0 unspecified atom stereocenters. The van der Waals surface area contributed by atoms with Crippen LogP contribution >= 0.6 is 0 Å². The summed E-state index contributed by atoms with van der Waals surface area (Å²) in [5.74, 6) is -0.558. The van der Waals surface area contributed by atoms with Gasteiger partial charge in [0.05, 0.1) is 5.52 Å². The number of rotatable bonds is 16. The predicted octanol–water partition coefficient (Wildman–Crippen LogP) is 5.94. The molecular formula is C34H39N5O6S. The largest absolute Gasteiger partial charge is 0.395 e. The molecule has 1 N–H and O–H groups in total. The lowest BCUT2D eigenvalue weighted by atomic mass is 10.1. The monoisotopic (exact) mass is 645 g/mol. The topological polar surface area (TPSA) is 134 Å². The molecule has 5 rings (SSSR count). The number of hydrogen-bond donors (Lipinski definition) is 1. The molecular weight excluding hydrogens is 606 g/mol. The second-order valence-corrected chi connectivity index (χ2v) is 12.9. The number of aromatic nitrogens is 4. The Hall–Kier alpha value is -4.71. The maximum Gasteiger partial charge on any atom is 0.339 e. The fourth-order valence-electron chi connectivity index (χ4n) is 5.27. The summed E-state index contributed by atoms with van der Waals surface area (Å²) in [5, 5.41) is 11.2. The Labute approximate surface area is 268 Å². The number of unbranched alkanes of at least 4 members (excludes halogenated alkanes) is 7. The molecule has 0 saturated heterocycles. The number of amides is 1. The Morgan fingerprint density at radius 3 is 2.20 bits per heavy atom. The zero-order valence-corrected chi connectivity index (χ0v) is 27.0. The Kier molecular flexibility index (Phi) is 10.7. The highest BCUT2D eigenvalue weighted by atomic mass is 32.2. The van der Waals surface area contributed by atoms with Crippen molar-refractivity contribution in [3.8, 4) is 5.75 Å². The molecule has 3 aromatic carbocycles. The lowest BCUT2D eigenvalue weighted by Crippen LogP contribution is -2.26. The molecule has 0 radical (unpaired) electrons. The van der Waals surface area contributed by atoms with Crippen molar-refractivity contribution in [2.24, 2.45) is 7.05 Å². The third-order valence-electron chi connectivity index (χ3n) is 7.86. The minimum Gasteiger partial charge on any atom is -0.395 e. The van der Waals surface area contributed by atoms with E-state index in [9.17, 15) is 18.0 Å². The van der Waals surface area contributed by atoms with E-state index in [2.05, 4.69) is 15.6 Å². The SMILES string of the molecule is Cc1ccc(S(=O)(=O)Oc2c(NC(=O)CCCCCCCCCCOn3nnc4ccccc43)c(=O)n(C)c3ccccc23)cc1. The Morgan fingerprint density at radius 2 is 1.46 bits per heavy atom. The molecule has 0 aliphatic heterocycles. The summed E-state index contributed by atoms with van der Waals surface area (Å²) in [6.45, 7) is 2.43. The van der Waals surface area contributed by atoms with Crippen molar-refractivity contribution in [1.29, 1.82) is 0 Å². The number of hydrogen-bond acceptors (Lipinski definition) is 8. The Morgan fingerprint density at radius 1 is 0.826 bits per heavy atom.